The second kappa shape index (κ2) is 9.13. The zero-order valence-electron chi connectivity index (χ0n) is 22.1. The normalized spacial score (nSPS) is 33.9. The first-order chi connectivity index (χ1) is 17.3. The van der Waals surface area contributed by atoms with Crippen LogP contribution in [-0.4, -0.2) is 76.9 Å². The van der Waals surface area contributed by atoms with Gasteiger partial charge >= 0.3 is 6.18 Å². The van der Waals surface area contributed by atoms with Crippen LogP contribution in [0.3, 0.4) is 0 Å². The summed E-state index contributed by atoms with van der Waals surface area (Å²) in [5, 5.41) is 3.14. The molecule has 5 fully saturated rings. The molecule has 3 unspecified atom stereocenters. The lowest BCUT2D eigenvalue weighted by atomic mass is 9.50. The highest BCUT2D eigenvalue weighted by molar-refractivity contribution is 5.85. The summed E-state index contributed by atoms with van der Waals surface area (Å²) in [6.45, 7) is 7.81. The average molecular weight is 522 g/mol. The third-order valence-corrected chi connectivity index (χ3v) is 9.62. The Kier molecular flexibility index (Phi) is 6.48. The number of amides is 2. The highest BCUT2D eigenvalue weighted by atomic mass is 19.4. The van der Waals surface area contributed by atoms with Crippen molar-refractivity contribution in [3.8, 4) is 0 Å². The summed E-state index contributed by atoms with van der Waals surface area (Å²) >= 11 is 0. The molecule has 0 aromatic carbocycles. The van der Waals surface area contributed by atoms with Crippen molar-refractivity contribution in [2.45, 2.75) is 82.2 Å². The molecule has 1 aromatic heterocycles. The number of carbonyl (C=O) groups is 2. The van der Waals surface area contributed by atoms with E-state index in [1.54, 1.807) is 0 Å². The molecule has 204 valence electrons. The number of nitrogens with one attached hydrogen (secondary N) is 1. The van der Waals surface area contributed by atoms with Crippen molar-refractivity contribution < 1.29 is 22.8 Å². The number of halogens is 3. The number of anilines is 1. The van der Waals surface area contributed by atoms with Gasteiger partial charge in [-0.3, -0.25) is 14.5 Å². The number of nitrogens with zero attached hydrogens (tertiary/aromatic N) is 4. The minimum atomic E-state index is -4.41. The Morgan fingerprint density at radius 2 is 1.84 bits per heavy atom. The first-order valence-corrected chi connectivity index (χ1v) is 13.4. The number of pyridine rings is 1. The lowest BCUT2D eigenvalue weighted by Crippen LogP contribution is -2.69. The smallest absolute Gasteiger partial charge is 0.354 e. The zero-order valence-corrected chi connectivity index (χ0v) is 22.1. The van der Waals surface area contributed by atoms with Gasteiger partial charge in [-0.1, -0.05) is 0 Å². The number of hydrogen-bond donors (Lipinski definition) is 1. The van der Waals surface area contributed by atoms with Crippen LogP contribution < -0.4 is 10.2 Å². The third-order valence-electron chi connectivity index (χ3n) is 9.62. The summed E-state index contributed by atoms with van der Waals surface area (Å²) in [5.41, 5.74) is -1.57. The van der Waals surface area contributed by atoms with Gasteiger partial charge in [-0.2, -0.15) is 13.2 Å². The molecular formula is C27H38F3N5O2. The van der Waals surface area contributed by atoms with Crippen LogP contribution in [0, 0.1) is 17.8 Å². The molecule has 2 heterocycles. The highest BCUT2D eigenvalue weighted by Crippen LogP contribution is 2.57. The number of alkyl halides is 3. The minimum absolute atomic E-state index is 0.0174. The van der Waals surface area contributed by atoms with E-state index in [1.165, 1.54) is 6.07 Å². The Balaban J connectivity index is 1.26. The fraction of sp³-hybridized carbons (Fsp3) is 0.741. The summed E-state index contributed by atoms with van der Waals surface area (Å²) in [6, 6.07) is 2.71. The number of piperazine rings is 1. The van der Waals surface area contributed by atoms with E-state index < -0.39 is 17.3 Å². The molecule has 37 heavy (non-hydrogen) atoms. The van der Waals surface area contributed by atoms with Gasteiger partial charge in [0.15, 0.2) is 0 Å². The molecule has 10 heteroatoms. The largest absolute Gasteiger partial charge is 0.417 e. The summed E-state index contributed by atoms with van der Waals surface area (Å²) in [5.74, 6) is 2.07. The van der Waals surface area contributed by atoms with E-state index in [4.69, 9.17) is 0 Å². The molecule has 6 rings (SSSR count). The van der Waals surface area contributed by atoms with Gasteiger partial charge in [0.05, 0.1) is 11.1 Å². The Morgan fingerprint density at radius 3 is 2.38 bits per heavy atom. The molecule has 1 saturated heterocycles. The Labute approximate surface area is 216 Å². The fourth-order valence-corrected chi connectivity index (χ4v) is 8.36. The number of hydrogen-bond acceptors (Lipinski definition) is 5. The third kappa shape index (κ3) is 4.59. The van der Waals surface area contributed by atoms with Crippen molar-refractivity contribution in [3.05, 3.63) is 23.9 Å². The maximum Gasteiger partial charge on any atom is 0.417 e. The van der Waals surface area contributed by atoms with Crippen molar-refractivity contribution in [2.24, 2.45) is 17.8 Å². The van der Waals surface area contributed by atoms with Crippen LogP contribution in [0.15, 0.2) is 18.3 Å². The van der Waals surface area contributed by atoms with Gasteiger partial charge in [0.2, 0.25) is 12.3 Å². The SMILES string of the molecule is CC1CN(c2ccc(C(F)(F)F)cn2)CCN1C(C)(C)C(=O)N(C)C1C2CC3CC1CC(NC=O)(C3)C2. The van der Waals surface area contributed by atoms with Crippen molar-refractivity contribution in [2.75, 3.05) is 31.6 Å². The molecule has 3 atom stereocenters. The predicted molar refractivity (Wildman–Crippen MR) is 134 cm³/mol. The summed E-state index contributed by atoms with van der Waals surface area (Å²) < 4.78 is 38.8. The van der Waals surface area contributed by atoms with Crippen LogP contribution >= 0.6 is 0 Å². The molecule has 7 nitrogen and oxygen atoms in total. The Hall–Kier alpha value is -2.36. The van der Waals surface area contributed by atoms with Crippen LogP contribution in [0.2, 0.25) is 0 Å². The molecular weight excluding hydrogens is 483 g/mol. The molecule has 0 radical (unpaired) electrons. The van der Waals surface area contributed by atoms with Crippen LogP contribution in [0.4, 0.5) is 19.0 Å². The molecule has 1 aliphatic heterocycles. The van der Waals surface area contributed by atoms with Crippen LogP contribution in [0.25, 0.3) is 0 Å². The number of rotatable bonds is 6. The molecule has 5 aliphatic rings. The topological polar surface area (TPSA) is 68.8 Å². The summed E-state index contributed by atoms with van der Waals surface area (Å²) in [7, 11) is 1.95. The van der Waals surface area contributed by atoms with E-state index in [9.17, 15) is 22.8 Å². The second-order valence-electron chi connectivity index (χ2n) is 12.4. The second-order valence-corrected chi connectivity index (χ2v) is 12.4. The lowest BCUT2D eigenvalue weighted by molar-refractivity contribution is -0.156. The first-order valence-electron chi connectivity index (χ1n) is 13.4. The molecule has 4 aliphatic carbocycles. The van der Waals surface area contributed by atoms with Gasteiger partial charge in [-0.05, 0) is 82.8 Å². The van der Waals surface area contributed by atoms with Crippen molar-refractivity contribution in [1.29, 1.82) is 0 Å². The molecule has 4 saturated carbocycles. The van der Waals surface area contributed by atoms with Crippen molar-refractivity contribution in [3.63, 3.8) is 0 Å². The Bertz CT molecular complexity index is 1010. The summed E-state index contributed by atoms with van der Waals surface area (Å²) in [6.07, 6.45) is 2.51. The van der Waals surface area contributed by atoms with Gasteiger partial charge in [0.25, 0.3) is 0 Å². The first kappa shape index (κ1) is 26.3. The van der Waals surface area contributed by atoms with Crippen LogP contribution in [-0.2, 0) is 15.8 Å². The van der Waals surface area contributed by atoms with Gasteiger partial charge in [0.1, 0.15) is 5.82 Å². The van der Waals surface area contributed by atoms with Gasteiger partial charge < -0.3 is 15.1 Å². The molecule has 4 bridgehead atoms. The average Bonchev–Trinajstić information content (AvgIpc) is 2.82. The van der Waals surface area contributed by atoms with E-state index >= 15 is 0 Å². The van der Waals surface area contributed by atoms with Crippen molar-refractivity contribution in [1.82, 2.24) is 20.1 Å². The molecule has 1 aromatic rings. The molecule has 2 amide bonds. The van der Waals surface area contributed by atoms with Crippen LogP contribution in [0.1, 0.15) is 58.4 Å². The van der Waals surface area contributed by atoms with Gasteiger partial charge in [-0.15, -0.1) is 0 Å². The number of carbonyl (C=O) groups excluding carboxylic acids is 2. The van der Waals surface area contributed by atoms with E-state index in [0.29, 0.717) is 43.2 Å². The standard InChI is InChI=1S/C27H38F3N5O2/c1-17-15-34(22-6-5-21(14-31-22)27(28,29)30)7-8-35(17)25(2,3)24(37)33(4)23-19-9-18-10-20(23)13-26(11-18,12-19)32-16-36/h5-6,14,16-20,23H,7-13,15H2,1-4H3,(H,32,36). The van der Waals surface area contributed by atoms with Crippen LogP contribution in [0.5, 0.6) is 0 Å². The summed E-state index contributed by atoms with van der Waals surface area (Å²) in [4.78, 5) is 35.6. The van der Waals surface area contributed by atoms with Crippen molar-refractivity contribution >= 4 is 18.1 Å². The fourth-order valence-electron chi connectivity index (χ4n) is 8.36. The van der Waals surface area contributed by atoms with E-state index in [1.807, 2.05) is 30.7 Å². The highest BCUT2D eigenvalue weighted by Gasteiger charge is 2.57. The van der Waals surface area contributed by atoms with Gasteiger partial charge in [-0.25, -0.2) is 4.98 Å². The Morgan fingerprint density at radius 1 is 1.16 bits per heavy atom. The predicted octanol–water partition coefficient (Wildman–Crippen LogP) is 3.54. The quantitative estimate of drug-likeness (QED) is 0.580. The van der Waals surface area contributed by atoms with Gasteiger partial charge in [0, 0.05) is 50.5 Å². The maximum atomic E-state index is 14.0. The lowest BCUT2D eigenvalue weighted by Gasteiger charge is -2.62. The maximum absolute atomic E-state index is 14.0. The number of aromatic nitrogens is 1. The molecule has 0 spiro atoms. The van der Waals surface area contributed by atoms with E-state index in [-0.39, 0.29) is 23.5 Å². The monoisotopic (exact) mass is 521 g/mol. The zero-order chi connectivity index (χ0) is 26.8. The molecule has 1 N–H and O–H groups in total. The number of likely N-dealkylation sites (N-methyl/N-ethyl adjacent to an activating group) is 1. The van der Waals surface area contributed by atoms with E-state index in [2.05, 4.69) is 22.1 Å². The minimum Gasteiger partial charge on any atom is -0.354 e. The van der Waals surface area contributed by atoms with E-state index in [0.717, 1.165) is 50.8 Å².